The fraction of sp³-hybridized carbons (Fsp3) is 0.364. The summed E-state index contributed by atoms with van der Waals surface area (Å²) in [6.07, 6.45) is 0.157. The number of hydrogen-bond donors (Lipinski definition) is 1. The van der Waals surface area contributed by atoms with Crippen molar-refractivity contribution in [2.75, 3.05) is 20.8 Å². The van der Waals surface area contributed by atoms with Gasteiger partial charge in [0.2, 0.25) is 5.79 Å². The van der Waals surface area contributed by atoms with Crippen molar-refractivity contribution >= 4 is 33.8 Å². The van der Waals surface area contributed by atoms with Gasteiger partial charge in [0, 0.05) is 38.5 Å². The molecule has 0 spiro atoms. The zero-order chi connectivity index (χ0) is 21.9. The van der Waals surface area contributed by atoms with Gasteiger partial charge in [0.05, 0.1) is 5.39 Å². The summed E-state index contributed by atoms with van der Waals surface area (Å²) in [5.41, 5.74) is 0.243. The number of methoxy groups -OCH3 is 2. The lowest BCUT2D eigenvalue weighted by Gasteiger charge is -2.23. The van der Waals surface area contributed by atoms with Crippen LogP contribution in [0.2, 0.25) is 0 Å². The number of carbonyl (C=O) groups is 2. The molecule has 0 saturated carbocycles. The van der Waals surface area contributed by atoms with Crippen molar-refractivity contribution in [3.63, 3.8) is 0 Å². The summed E-state index contributed by atoms with van der Waals surface area (Å²) in [5, 5.41) is 4.29. The monoisotopic (exact) mass is 415 g/mol. The van der Waals surface area contributed by atoms with Crippen LogP contribution >= 0.6 is 0 Å². The van der Waals surface area contributed by atoms with Crippen LogP contribution in [0.25, 0.3) is 21.7 Å². The summed E-state index contributed by atoms with van der Waals surface area (Å²) < 4.78 is 28.1. The molecule has 2 aromatic carbocycles. The van der Waals surface area contributed by atoms with Gasteiger partial charge in [0.1, 0.15) is 5.75 Å². The number of hydrogen-bond acceptors (Lipinski definition) is 7. The van der Waals surface area contributed by atoms with Crippen molar-refractivity contribution < 1.29 is 33.0 Å². The molecule has 8 nitrogen and oxygen atoms in total. The molecule has 1 amide bonds. The first-order valence-corrected chi connectivity index (χ1v) is 9.57. The number of benzene rings is 2. The Labute approximate surface area is 174 Å². The lowest BCUT2D eigenvalue weighted by atomic mass is 10.0. The molecule has 0 aliphatic carbocycles. The second-order valence-electron chi connectivity index (χ2n) is 6.82. The summed E-state index contributed by atoms with van der Waals surface area (Å²) in [7, 11) is 2.96. The smallest absolute Gasteiger partial charge is 0.412 e. The SMILES string of the molecule is CCCNC(=O)Oc1c2ccccc2c(OC(C)=O)c2cc(C(C)(OC)OC)oc12. The molecule has 0 aliphatic heterocycles. The topological polar surface area (TPSA) is 96.2 Å². The van der Waals surface area contributed by atoms with Crippen LogP contribution in [0.15, 0.2) is 34.7 Å². The zero-order valence-electron chi connectivity index (χ0n) is 17.7. The molecule has 0 saturated heterocycles. The van der Waals surface area contributed by atoms with E-state index < -0.39 is 17.8 Å². The third-order valence-electron chi connectivity index (χ3n) is 4.79. The fourth-order valence-corrected chi connectivity index (χ4v) is 3.09. The van der Waals surface area contributed by atoms with E-state index in [4.69, 9.17) is 23.4 Å². The van der Waals surface area contributed by atoms with E-state index in [0.717, 1.165) is 6.42 Å². The highest BCUT2D eigenvalue weighted by molar-refractivity contribution is 6.11. The van der Waals surface area contributed by atoms with Crippen molar-refractivity contribution in [2.45, 2.75) is 33.0 Å². The average Bonchev–Trinajstić information content (AvgIpc) is 3.19. The number of ether oxygens (including phenoxy) is 4. The normalized spacial score (nSPS) is 11.6. The number of fused-ring (bicyclic) bond motifs is 2. The van der Waals surface area contributed by atoms with Crippen LogP contribution < -0.4 is 14.8 Å². The van der Waals surface area contributed by atoms with Gasteiger partial charge in [-0.2, -0.15) is 0 Å². The predicted octanol–water partition coefficient (Wildman–Crippen LogP) is 4.48. The van der Waals surface area contributed by atoms with Crippen LogP contribution in [0.3, 0.4) is 0 Å². The Kier molecular flexibility index (Phi) is 6.28. The van der Waals surface area contributed by atoms with Gasteiger partial charge in [0.25, 0.3) is 0 Å². The van der Waals surface area contributed by atoms with E-state index in [1.54, 1.807) is 37.3 Å². The fourth-order valence-electron chi connectivity index (χ4n) is 3.09. The summed E-state index contributed by atoms with van der Waals surface area (Å²) in [4.78, 5) is 24.1. The van der Waals surface area contributed by atoms with Gasteiger partial charge in [-0.3, -0.25) is 4.79 Å². The first kappa shape index (κ1) is 21.6. The highest BCUT2D eigenvalue weighted by atomic mass is 16.7. The molecule has 160 valence electrons. The molecule has 30 heavy (non-hydrogen) atoms. The molecule has 3 rings (SSSR count). The van der Waals surface area contributed by atoms with Gasteiger partial charge in [-0.25, -0.2) is 4.79 Å². The molecular formula is C22H25NO7. The Morgan fingerprint density at radius 3 is 2.23 bits per heavy atom. The van der Waals surface area contributed by atoms with Gasteiger partial charge in [-0.1, -0.05) is 31.2 Å². The van der Waals surface area contributed by atoms with Crippen LogP contribution in [-0.4, -0.2) is 32.8 Å². The first-order chi connectivity index (χ1) is 14.3. The van der Waals surface area contributed by atoms with Crippen LogP contribution in [-0.2, 0) is 20.1 Å². The maximum Gasteiger partial charge on any atom is 0.412 e. The van der Waals surface area contributed by atoms with Gasteiger partial charge >= 0.3 is 12.1 Å². The number of carbonyl (C=O) groups excluding carboxylic acids is 2. The van der Waals surface area contributed by atoms with Crippen LogP contribution in [0.5, 0.6) is 11.5 Å². The van der Waals surface area contributed by atoms with Crippen molar-refractivity contribution in [3.05, 3.63) is 36.1 Å². The van der Waals surface area contributed by atoms with Crippen LogP contribution in [0, 0.1) is 0 Å². The molecule has 0 radical (unpaired) electrons. The molecule has 0 atom stereocenters. The molecule has 3 aromatic rings. The molecule has 0 fully saturated rings. The maximum absolute atomic E-state index is 12.3. The zero-order valence-corrected chi connectivity index (χ0v) is 17.7. The number of nitrogens with one attached hydrogen (secondary N) is 1. The minimum absolute atomic E-state index is 0.214. The second-order valence-corrected chi connectivity index (χ2v) is 6.82. The van der Waals surface area contributed by atoms with E-state index in [9.17, 15) is 9.59 Å². The Hall–Kier alpha value is -3.10. The minimum atomic E-state index is -1.19. The minimum Gasteiger partial charge on any atom is -0.451 e. The lowest BCUT2D eigenvalue weighted by molar-refractivity contribution is -0.212. The summed E-state index contributed by atoms with van der Waals surface area (Å²) >= 11 is 0. The van der Waals surface area contributed by atoms with Crippen molar-refractivity contribution in [2.24, 2.45) is 0 Å². The van der Waals surface area contributed by atoms with Crippen LogP contribution in [0.1, 0.15) is 33.0 Å². The predicted molar refractivity (Wildman–Crippen MR) is 111 cm³/mol. The Bertz CT molecular complexity index is 1080. The largest absolute Gasteiger partial charge is 0.451 e. The van der Waals surface area contributed by atoms with Crippen LogP contribution in [0.4, 0.5) is 4.79 Å². The quantitative estimate of drug-likeness (QED) is 0.345. The van der Waals surface area contributed by atoms with E-state index in [0.29, 0.717) is 34.2 Å². The Morgan fingerprint density at radius 2 is 1.67 bits per heavy atom. The van der Waals surface area contributed by atoms with E-state index in [-0.39, 0.29) is 11.3 Å². The number of amides is 1. The summed E-state index contributed by atoms with van der Waals surface area (Å²) in [5.74, 6) is -0.838. The molecule has 0 unspecified atom stereocenters. The van der Waals surface area contributed by atoms with E-state index in [1.807, 2.05) is 6.92 Å². The third kappa shape index (κ3) is 3.96. The average molecular weight is 415 g/mol. The van der Waals surface area contributed by atoms with E-state index in [2.05, 4.69) is 5.32 Å². The molecule has 0 bridgehead atoms. The Balaban J connectivity index is 2.32. The maximum atomic E-state index is 12.3. The highest BCUT2D eigenvalue weighted by Crippen LogP contribution is 2.46. The number of rotatable bonds is 7. The number of furan rings is 1. The van der Waals surface area contributed by atoms with Crippen molar-refractivity contribution in [3.8, 4) is 11.5 Å². The first-order valence-electron chi connectivity index (χ1n) is 9.57. The van der Waals surface area contributed by atoms with Gasteiger partial charge in [0.15, 0.2) is 17.1 Å². The van der Waals surface area contributed by atoms with Gasteiger partial charge < -0.3 is 28.7 Å². The molecule has 1 aromatic heterocycles. The molecule has 8 heteroatoms. The van der Waals surface area contributed by atoms with Crippen molar-refractivity contribution in [1.82, 2.24) is 5.32 Å². The third-order valence-corrected chi connectivity index (χ3v) is 4.79. The highest BCUT2D eigenvalue weighted by Gasteiger charge is 2.33. The molecule has 0 aliphatic rings. The Morgan fingerprint density at radius 1 is 1.03 bits per heavy atom. The lowest BCUT2D eigenvalue weighted by Crippen LogP contribution is -2.27. The second kappa shape index (κ2) is 8.73. The standard InChI is InChI=1S/C22H25NO7/c1-6-11-23-21(25)30-19-15-10-8-7-9-14(15)18(28-13(2)24)16-12-17(29-20(16)19)22(3,26-4)27-5/h7-10,12H,6,11H2,1-5H3,(H,23,25). The molecule has 1 heterocycles. The van der Waals surface area contributed by atoms with Gasteiger partial charge in [-0.05, 0) is 19.4 Å². The summed E-state index contributed by atoms with van der Waals surface area (Å²) in [6.45, 7) is 5.42. The van der Waals surface area contributed by atoms with Crippen molar-refractivity contribution in [1.29, 1.82) is 0 Å². The molecule has 1 N–H and O–H groups in total. The molecular weight excluding hydrogens is 390 g/mol. The number of esters is 1. The van der Waals surface area contributed by atoms with E-state index >= 15 is 0 Å². The summed E-state index contributed by atoms with van der Waals surface area (Å²) in [6, 6.07) is 8.79. The van der Waals surface area contributed by atoms with Gasteiger partial charge in [-0.15, -0.1) is 0 Å². The van der Waals surface area contributed by atoms with E-state index in [1.165, 1.54) is 21.1 Å².